The van der Waals surface area contributed by atoms with Gasteiger partial charge in [0.1, 0.15) is 11.5 Å². The number of carbonyl (C=O) groups is 1. The number of esters is 1. The first-order valence-electron chi connectivity index (χ1n) is 8.03. The van der Waals surface area contributed by atoms with Gasteiger partial charge in [-0.3, -0.25) is 0 Å². The van der Waals surface area contributed by atoms with Crippen molar-refractivity contribution >= 4 is 5.97 Å². The van der Waals surface area contributed by atoms with Crippen LogP contribution in [-0.4, -0.2) is 12.3 Å². The van der Waals surface area contributed by atoms with Gasteiger partial charge in [0.25, 0.3) is 0 Å². The molecule has 4 nitrogen and oxygen atoms in total. The quantitative estimate of drug-likeness (QED) is 0.451. The van der Waals surface area contributed by atoms with Crippen molar-refractivity contribution < 1.29 is 27.4 Å². The zero-order valence-corrected chi connectivity index (χ0v) is 14.2. The van der Waals surface area contributed by atoms with Crippen LogP contribution in [0.2, 0.25) is 0 Å². The number of hydrogen-bond donors (Lipinski definition) is 0. The van der Waals surface area contributed by atoms with Crippen LogP contribution in [0.3, 0.4) is 0 Å². The standard InChI is InChI=1S/C21H12F3NO3/c22-21(23,24)28-19-11-7-17(8-12-19)20(26)27-18-9-5-16(6-10-18)15-3-1-14(13-25)2-4-15/h1-12H. The minimum atomic E-state index is -4.79. The summed E-state index contributed by atoms with van der Waals surface area (Å²) < 4.78 is 45.4. The van der Waals surface area contributed by atoms with E-state index in [-0.39, 0.29) is 11.3 Å². The monoisotopic (exact) mass is 383 g/mol. The molecule has 7 heteroatoms. The summed E-state index contributed by atoms with van der Waals surface area (Å²) in [7, 11) is 0. The average molecular weight is 383 g/mol. The van der Waals surface area contributed by atoms with E-state index in [1.807, 2.05) is 18.2 Å². The number of rotatable bonds is 4. The molecule has 0 aromatic heterocycles. The molecule has 0 N–H and O–H groups in total. The second-order valence-corrected chi connectivity index (χ2v) is 5.68. The van der Waals surface area contributed by atoms with Crippen molar-refractivity contribution in [2.75, 3.05) is 0 Å². The first-order valence-corrected chi connectivity index (χ1v) is 8.03. The highest BCUT2D eigenvalue weighted by Crippen LogP contribution is 2.25. The second-order valence-electron chi connectivity index (χ2n) is 5.68. The summed E-state index contributed by atoms with van der Waals surface area (Å²) in [6, 6.07) is 20.2. The van der Waals surface area contributed by atoms with E-state index in [2.05, 4.69) is 4.74 Å². The predicted molar refractivity (Wildman–Crippen MR) is 94.7 cm³/mol. The van der Waals surface area contributed by atoms with Crippen LogP contribution >= 0.6 is 0 Å². The Labute approximate surface area is 158 Å². The lowest BCUT2D eigenvalue weighted by Gasteiger charge is -2.09. The maximum atomic E-state index is 12.2. The number of carbonyl (C=O) groups excluding carboxylic acids is 1. The van der Waals surface area contributed by atoms with Crippen LogP contribution in [0.15, 0.2) is 72.8 Å². The largest absolute Gasteiger partial charge is 0.573 e. The topological polar surface area (TPSA) is 59.3 Å². The third-order valence-corrected chi connectivity index (χ3v) is 3.74. The predicted octanol–water partition coefficient (Wildman–Crippen LogP) is 5.34. The highest BCUT2D eigenvalue weighted by molar-refractivity contribution is 5.91. The fourth-order valence-electron chi connectivity index (χ4n) is 2.41. The molecular formula is C21H12F3NO3. The highest BCUT2D eigenvalue weighted by Gasteiger charge is 2.31. The molecule has 0 atom stereocenters. The summed E-state index contributed by atoms with van der Waals surface area (Å²) >= 11 is 0. The lowest BCUT2D eigenvalue weighted by Crippen LogP contribution is -2.17. The number of ether oxygens (including phenoxy) is 2. The van der Waals surface area contributed by atoms with E-state index < -0.39 is 18.1 Å². The van der Waals surface area contributed by atoms with E-state index in [0.717, 1.165) is 23.3 Å². The van der Waals surface area contributed by atoms with Crippen molar-refractivity contribution in [1.29, 1.82) is 5.26 Å². The van der Waals surface area contributed by atoms with Crippen molar-refractivity contribution in [2.24, 2.45) is 0 Å². The summed E-state index contributed by atoms with van der Waals surface area (Å²) in [5.41, 5.74) is 2.42. The summed E-state index contributed by atoms with van der Waals surface area (Å²) in [5, 5.41) is 8.82. The molecule has 0 aliphatic rings. The van der Waals surface area contributed by atoms with Crippen LogP contribution in [0.25, 0.3) is 11.1 Å². The SMILES string of the molecule is N#Cc1ccc(-c2ccc(OC(=O)c3ccc(OC(F)(F)F)cc3)cc2)cc1. The Balaban J connectivity index is 1.66. The van der Waals surface area contributed by atoms with E-state index in [4.69, 9.17) is 10.00 Å². The van der Waals surface area contributed by atoms with Crippen molar-refractivity contribution in [2.45, 2.75) is 6.36 Å². The molecular weight excluding hydrogens is 371 g/mol. The van der Waals surface area contributed by atoms with Gasteiger partial charge in [-0.25, -0.2) is 4.79 Å². The van der Waals surface area contributed by atoms with E-state index in [0.29, 0.717) is 5.56 Å². The molecule has 0 saturated heterocycles. The Morgan fingerprint density at radius 2 is 1.29 bits per heavy atom. The number of benzene rings is 3. The molecule has 0 amide bonds. The number of nitrogens with zero attached hydrogens (tertiary/aromatic N) is 1. The number of alkyl halides is 3. The Morgan fingerprint density at radius 3 is 1.79 bits per heavy atom. The van der Waals surface area contributed by atoms with Gasteiger partial charge >= 0.3 is 12.3 Å². The van der Waals surface area contributed by atoms with E-state index in [1.165, 1.54) is 12.1 Å². The molecule has 28 heavy (non-hydrogen) atoms. The Hall–Kier alpha value is -3.79. The van der Waals surface area contributed by atoms with Gasteiger partial charge in [-0.2, -0.15) is 5.26 Å². The van der Waals surface area contributed by atoms with Crippen LogP contribution in [0.5, 0.6) is 11.5 Å². The number of hydrogen-bond acceptors (Lipinski definition) is 4. The van der Waals surface area contributed by atoms with Crippen molar-refractivity contribution in [3.63, 3.8) is 0 Å². The van der Waals surface area contributed by atoms with Crippen LogP contribution in [-0.2, 0) is 0 Å². The van der Waals surface area contributed by atoms with Gasteiger partial charge in [-0.05, 0) is 59.7 Å². The molecule has 0 fully saturated rings. The third-order valence-electron chi connectivity index (χ3n) is 3.74. The van der Waals surface area contributed by atoms with Gasteiger partial charge in [-0.1, -0.05) is 24.3 Å². The van der Waals surface area contributed by atoms with Gasteiger partial charge in [-0.15, -0.1) is 13.2 Å². The minimum Gasteiger partial charge on any atom is -0.423 e. The Kier molecular flexibility index (Phi) is 5.32. The number of nitriles is 1. The second kappa shape index (κ2) is 7.84. The van der Waals surface area contributed by atoms with Crippen LogP contribution < -0.4 is 9.47 Å². The zero-order valence-electron chi connectivity index (χ0n) is 14.2. The van der Waals surface area contributed by atoms with Gasteiger partial charge < -0.3 is 9.47 Å². The highest BCUT2D eigenvalue weighted by atomic mass is 19.4. The molecule has 0 unspecified atom stereocenters. The first kappa shape index (κ1) is 19.0. The fraction of sp³-hybridized carbons (Fsp3) is 0.0476. The zero-order chi connectivity index (χ0) is 20.1. The summed E-state index contributed by atoms with van der Waals surface area (Å²) in [5.74, 6) is -0.835. The normalized spacial score (nSPS) is 10.8. The smallest absolute Gasteiger partial charge is 0.423 e. The van der Waals surface area contributed by atoms with E-state index in [1.54, 1.807) is 36.4 Å². The molecule has 0 heterocycles. The van der Waals surface area contributed by atoms with Crippen LogP contribution in [0.1, 0.15) is 15.9 Å². The van der Waals surface area contributed by atoms with Crippen molar-refractivity contribution in [3.8, 4) is 28.7 Å². The van der Waals surface area contributed by atoms with Gasteiger partial charge in [0.2, 0.25) is 0 Å². The van der Waals surface area contributed by atoms with Crippen molar-refractivity contribution in [3.05, 3.63) is 83.9 Å². The van der Waals surface area contributed by atoms with Gasteiger partial charge in [0, 0.05) is 0 Å². The number of halogens is 3. The Bertz CT molecular complexity index is 1000. The maximum absolute atomic E-state index is 12.2. The molecule has 0 spiro atoms. The fourth-order valence-corrected chi connectivity index (χ4v) is 2.41. The molecule has 0 radical (unpaired) electrons. The van der Waals surface area contributed by atoms with Crippen LogP contribution in [0, 0.1) is 11.3 Å². The lowest BCUT2D eigenvalue weighted by molar-refractivity contribution is -0.274. The molecule has 0 aliphatic carbocycles. The van der Waals surface area contributed by atoms with Crippen molar-refractivity contribution in [1.82, 2.24) is 0 Å². The molecule has 0 aliphatic heterocycles. The first-order chi connectivity index (χ1) is 13.3. The molecule has 3 aromatic carbocycles. The van der Waals surface area contributed by atoms with Crippen LogP contribution in [0.4, 0.5) is 13.2 Å². The minimum absolute atomic E-state index is 0.0886. The maximum Gasteiger partial charge on any atom is 0.573 e. The molecule has 140 valence electrons. The van der Waals surface area contributed by atoms with E-state index >= 15 is 0 Å². The summed E-state index contributed by atoms with van der Waals surface area (Å²) in [4.78, 5) is 12.1. The summed E-state index contributed by atoms with van der Waals surface area (Å²) in [6.07, 6.45) is -4.79. The summed E-state index contributed by atoms with van der Waals surface area (Å²) in [6.45, 7) is 0. The van der Waals surface area contributed by atoms with Gasteiger partial charge in [0.15, 0.2) is 0 Å². The van der Waals surface area contributed by atoms with Gasteiger partial charge in [0.05, 0.1) is 17.2 Å². The molecule has 0 saturated carbocycles. The molecule has 0 bridgehead atoms. The molecule has 3 aromatic rings. The Morgan fingerprint density at radius 1 is 0.786 bits per heavy atom. The third kappa shape index (κ3) is 4.89. The average Bonchev–Trinajstić information content (AvgIpc) is 2.68. The lowest BCUT2D eigenvalue weighted by atomic mass is 10.0. The molecule has 3 rings (SSSR count). The van der Waals surface area contributed by atoms with E-state index in [9.17, 15) is 18.0 Å².